The molecular weight excluding hydrogens is 560 g/mol. The molecule has 0 saturated carbocycles. The molecule has 5 nitrogen and oxygen atoms in total. The van der Waals surface area contributed by atoms with E-state index in [-0.39, 0.29) is 0 Å². The highest BCUT2D eigenvalue weighted by Gasteiger charge is 2.45. The second-order valence-electron chi connectivity index (χ2n) is 13.6. The lowest BCUT2D eigenvalue weighted by Gasteiger charge is -2.40. The number of rotatable bonds is 10. The predicted molar refractivity (Wildman–Crippen MR) is 187 cm³/mol. The molecule has 0 saturated heterocycles. The number of allylic oxidation sites excluding steroid dienone is 18. The first-order valence-corrected chi connectivity index (χ1v) is 15.7. The van der Waals surface area contributed by atoms with Crippen molar-refractivity contribution in [1.82, 2.24) is 0 Å². The molecular formula is C40H54O5. The van der Waals surface area contributed by atoms with Gasteiger partial charge in [0.05, 0.1) is 18.3 Å². The molecule has 0 amide bonds. The van der Waals surface area contributed by atoms with E-state index in [4.69, 9.17) is 0 Å². The maximum Gasteiger partial charge on any atom is 0.189 e. The van der Waals surface area contributed by atoms with Crippen LogP contribution in [-0.2, 0) is 4.79 Å². The molecule has 2 rings (SSSR count). The van der Waals surface area contributed by atoms with E-state index < -0.39 is 41.0 Å². The molecule has 5 heteroatoms. The fraction of sp³-hybridized carbons (Fsp3) is 0.425. The van der Waals surface area contributed by atoms with E-state index in [0.717, 1.165) is 39.0 Å². The van der Waals surface area contributed by atoms with Crippen molar-refractivity contribution in [3.05, 3.63) is 130 Å². The Balaban J connectivity index is 1.96. The highest BCUT2D eigenvalue weighted by molar-refractivity contribution is 6.01. The SMILES string of the molecule is CC1=C(/C=C/C(C)=C/C=C/C(C)=C/C=C/C=C(C)/C=C/C=C(C)/C=C/C2=C(C)C(=O)[C@@H](O)[C@H](O)C2(C)C)C(C)(C)[C@@H](O)[C@H](O)C1. The molecule has 0 heterocycles. The quantitative estimate of drug-likeness (QED) is 0.189. The Morgan fingerprint density at radius 2 is 1.02 bits per heavy atom. The second-order valence-corrected chi connectivity index (χ2v) is 13.6. The van der Waals surface area contributed by atoms with Crippen molar-refractivity contribution in [2.24, 2.45) is 10.8 Å². The van der Waals surface area contributed by atoms with Crippen LogP contribution in [0.25, 0.3) is 0 Å². The summed E-state index contributed by atoms with van der Waals surface area (Å²) in [6, 6.07) is 0. The molecule has 0 radical (unpaired) electrons. The van der Waals surface area contributed by atoms with Gasteiger partial charge in [-0.25, -0.2) is 0 Å². The Morgan fingerprint density at radius 3 is 1.51 bits per heavy atom. The van der Waals surface area contributed by atoms with Crippen LogP contribution >= 0.6 is 0 Å². The number of carbonyl (C=O) groups is 1. The Morgan fingerprint density at radius 1 is 0.622 bits per heavy atom. The van der Waals surface area contributed by atoms with E-state index >= 15 is 0 Å². The van der Waals surface area contributed by atoms with Crippen molar-refractivity contribution < 1.29 is 25.2 Å². The van der Waals surface area contributed by atoms with Gasteiger partial charge in [0.2, 0.25) is 0 Å². The van der Waals surface area contributed by atoms with Crippen LogP contribution in [0.3, 0.4) is 0 Å². The highest BCUT2D eigenvalue weighted by Crippen LogP contribution is 2.42. The Bertz CT molecular complexity index is 1440. The lowest BCUT2D eigenvalue weighted by atomic mass is 9.69. The van der Waals surface area contributed by atoms with Gasteiger partial charge in [-0.15, -0.1) is 0 Å². The van der Waals surface area contributed by atoms with E-state index in [2.05, 4.69) is 24.3 Å². The number of carbonyl (C=O) groups excluding carboxylic acids is 1. The third-order valence-corrected chi connectivity index (χ3v) is 8.84. The van der Waals surface area contributed by atoms with Crippen molar-refractivity contribution in [3.63, 3.8) is 0 Å². The second kappa shape index (κ2) is 16.3. The zero-order valence-electron chi connectivity index (χ0n) is 28.8. The van der Waals surface area contributed by atoms with Gasteiger partial charge in [-0.05, 0) is 64.7 Å². The zero-order chi connectivity index (χ0) is 34.1. The summed E-state index contributed by atoms with van der Waals surface area (Å²) in [7, 11) is 0. The van der Waals surface area contributed by atoms with E-state index in [1.807, 2.05) is 123 Å². The smallest absolute Gasteiger partial charge is 0.189 e. The monoisotopic (exact) mass is 614 g/mol. The molecule has 0 spiro atoms. The van der Waals surface area contributed by atoms with Gasteiger partial charge in [-0.1, -0.05) is 141 Å². The molecule has 45 heavy (non-hydrogen) atoms. The minimum atomic E-state index is -1.38. The maximum absolute atomic E-state index is 12.3. The van der Waals surface area contributed by atoms with E-state index in [1.165, 1.54) is 0 Å². The van der Waals surface area contributed by atoms with Crippen LogP contribution in [0.1, 0.15) is 75.7 Å². The maximum atomic E-state index is 12.3. The summed E-state index contributed by atoms with van der Waals surface area (Å²) in [5, 5.41) is 41.0. The molecule has 4 atom stereocenters. The third-order valence-electron chi connectivity index (χ3n) is 8.84. The van der Waals surface area contributed by atoms with Gasteiger partial charge in [0.1, 0.15) is 6.10 Å². The fourth-order valence-electron chi connectivity index (χ4n) is 5.73. The Hall–Kier alpha value is -3.35. The average molecular weight is 615 g/mol. The summed E-state index contributed by atoms with van der Waals surface area (Å²) in [6.07, 6.45) is 24.6. The van der Waals surface area contributed by atoms with Crippen LogP contribution in [0.15, 0.2) is 130 Å². The first kappa shape index (κ1) is 37.8. The number of Topliss-reactive ketones (excluding diaryl/α,β-unsaturated/α-hetero) is 1. The van der Waals surface area contributed by atoms with E-state index in [1.54, 1.807) is 6.92 Å². The summed E-state index contributed by atoms with van der Waals surface area (Å²) in [6.45, 7) is 19.4. The van der Waals surface area contributed by atoms with Crippen LogP contribution < -0.4 is 0 Å². The highest BCUT2D eigenvalue weighted by atomic mass is 16.3. The minimum Gasteiger partial charge on any atom is -0.390 e. The molecule has 0 aliphatic heterocycles. The van der Waals surface area contributed by atoms with Crippen LogP contribution in [-0.4, -0.2) is 50.6 Å². The first-order chi connectivity index (χ1) is 20.9. The van der Waals surface area contributed by atoms with E-state index in [0.29, 0.717) is 12.0 Å². The molecule has 2 aliphatic rings. The molecule has 0 aromatic carbocycles. The van der Waals surface area contributed by atoms with Crippen molar-refractivity contribution in [3.8, 4) is 0 Å². The molecule has 0 bridgehead atoms. The van der Waals surface area contributed by atoms with Crippen molar-refractivity contribution in [2.45, 2.75) is 100 Å². The lowest BCUT2D eigenvalue weighted by Crippen LogP contribution is -2.49. The van der Waals surface area contributed by atoms with Gasteiger partial charge >= 0.3 is 0 Å². The van der Waals surface area contributed by atoms with Gasteiger partial charge in [0.25, 0.3) is 0 Å². The van der Waals surface area contributed by atoms with Crippen LogP contribution in [0, 0.1) is 10.8 Å². The Labute approximate surface area is 271 Å². The molecule has 2 aliphatic carbocycles. The summed E-state index contributed by atoms with van der Waals surface area (Å²) in [4.78, 5) is 12.3. The molecule has 4 N–H and O–H groups in total. The van der Waals surface area contributed by atoms with Crippen LogP contribution in [0.5, 0.6) is 0 Å². The third kappa shape index (κ3) is 10.1. The van der Waals surface area contributed by atoms with E-state index in [9.17, 15) is 25.2 Å². The summed E-state index contributed by atoms with van der Waals surface area (Å²) >= 11 is 0. The lowest BCUT2D eigenvalue weighted by molar-refractivity contribution is -0.135. The minimum absolute atomic E-state index is 0.425. The number of aliphatic hydroxyl groups is 4. The molecule has 244 valence electrons. The van der Waals surface area contributed by atoms with Gasteiger partial charge in [0.15, 0.2) is 5.78 Å². The van der Waals surface area contributed by atoms with Crippen LogP contribution in [0.2, 0.25) is 0 Å². The normalized spacial score (nSPS) is 27.6. The first-order valence-electron chi connectivity index (χ1n) is 15.7. The van der Waals surface area contributed by atoms with Crippen molar-refractivity contribution >= 4 is 5.78 Å². The standard InChI is InChI=1S/C40H54O5/c1-26(17-13-19-28(3)21-23-32-30(5)25-34(41)37(44)39(32,7)8)15-11-12-16-27(2)18-14-20-29(4)22-24-33-31(6)35(42)36(43)38(45)40(33,9)10/h11-24,34,36-38,41,43-45H,25H2,1-10H3/b12-11+,17-13+,18-14+,23-21+,24-22+,26-15+,27-16+,28-19+,29-20+/t34-,36-,37+,38+/m1/s1. The average Bonchev–Trinajstić information content (AvgIpc) is 2.96. The van der Waals surface area contributed by atoms with Gasteiger partial charge < -0.3 is 20.4 Å². The topological polar surface area (TPSA) is 98.0 Å². The number of hydrogen-bond acceptors (Lipinski definition) is 5. The van der Waals surface area contributed by atoms with Crippen molar-refractivity contribution in [2.75, 3.05) is 0 Å². The number of aliphatic hydroxyl groups excluding tert-OH is 4. The van der Waals surface area contributed by atoms with Gasteiger partial charge in [0, 0.05) is 10.8 Å². The molecule has 0 unspecified atom stereocenters. The number of ketones is 1. The molecule has 0 fully saturated rings. The summed E-state index contributed by atoms with van der Waals surface area (Å²) in [5.74, 6) is -0.425. The Kier molecular flexibility index (Phi) is 13.7. The summed E-state index contributed by atoms with van der Waals surface area (Å²) in [5.41, 5.74) is 6.47. The fourth-order valence-corrected chi connectivity index (χ4v) is 5.73. The predicted octanol–water partition coefficient (Wildman–Crippen LogP) is 7.67. The van der Waals surface area contributed by atoms with Gasteiger partial charge in [-0.2, -0.15) is 0 Å². The molecule has 0 aromatic rings. The zero-order valence-corrected chi connectivity index (χ0v) is 28.8. The molecule has 0 aromatic heterocycles. The number of hydrogen-bond donors (Lipinski definition) is 4. The van der Waals surface area contributed by atoms with Gasteiger partial charge in [-0.3, -0.25) is 4.79 Å². The van der Waals surface area contributed by atoms with Crippen LogP contribution in [0.4, 0.5) is 0 Å². The summed E-state index contributed by atoms with van der Waals surface area (Å²) < 4.78 is 0. The van der Waals surface area contributed by atoms with Crippen molar-refractivity contribution in [1.29, 1.82) is 0 Å². The largest absolute Gasteiger partial charge is 0.390 e.